The highest BCUT2D eigenvalue weighted by Crippen LogP contribution is 2.17. The Bertz CT molecular complexity index is 698. The molecular formula is C21H26N2O2. The largest absolute Gasteiger partial charge is 0.355 e. The average Bonchev–Trinajstić information content (AvgIpc) is 2.63. The number of benzene rings is 2. The van der Waals surface area contributed by atoms with Gasteiger partial charge in [-0.1, -0.05) is 55.5 Å². The lowest BCUT2D eigenvalue weighted by atomic mass is 9.96. The van der Waals surface area contributed by atoms with E-state index >= 15 is 0 Å². The maximum Gasteiger partial charge on any atom is 0.251 e. The van der Waals surface area contributed by atoms with Gasteiger partial charge in [-0.15, -0.1) is 0 Å². The second-order valence-electron chi connectivity index (χ2n) is 6.14. The van der Waals surface area contributed by atoms with Gasteiger partial charge in [-0.05, 0) is 30.5 Å². The summed E-state index contributed by atoms with van der Waals surface area (Å²) >= 11 is 0. The van der Waals surface area contributed by atoms with Crippen molar-refractivity contribution in [3.63, 3.8) is 0 Å². The third kappa shape index (κ3) is 5.75. The maximum absolute atomic E-state index is 12.1. The number of carbonyl (C=O) groups excluding carboxylic acids is 2. The van der Waals surface area contributed by atoms with E-state index in [0.29, 0.717) is 24.6 Å². The molecule has 25 heavy (non-hydrogen) atoms. The summed E-state index contributed by atoms with van der Waals surface area (Å²) < 4.78 is 0. The molecule has 0 heterocycles. The molecule has 4 nitrogen and oxygen atoms in total. The van der Waals surface area contributed by atoms with E-state index in [1.54, 1.807) is 6.07 Å². The number of aryl methyl sites for hydroxylation is 1. The van der Waals surface area contributed by atoms with Crippen molar-refractivity contribution in [1.82, 2.24) is 10.6 Å². The highest BCUT2D eigenvalue weighted by molar-refractivity contribution is 5.95. The first-order valence-electron chi connectivity index (χ1n) is 8.77. The van der Waals surface area contributed by atoms with Crippen molar-refractivity contribution < 1.29 is 9.59 Å². The Hall–Kier alpha value is -2.62. The summed E-state index contributed by atoms with van der Waals surface area (Å²) in [5.74, 6) is 0.132. The van der Waals surface area contributed by atoms with Crippen LogP contribution in [0, 0.1) is 6.92 Å². The second kappa shape index (κ2) is 9.62. The van der Waals surface area contributed by atoms with Crippen molar-refractivity contribution in [2.75, 3.05) is 13.1 Å². The minimum Gasteiger partial charge on any atom is -0.355 e. The van der Waals surface area contributed by atoms with Crippen molar-refractivity contribution in [1.29, 1.82) is 0 Å². The summed E-state index contributed by atoms with van der Waals surface area (Å²) in [6.45, 7) is 4.97. The predicted molar refractivity (Wildman–Crippen MR) is 101 cm³/mol. The lowest BCUT2D eigenvalue weighted by molar-refractivity contribution is -0.121. The van der Waals surface area contributed by atoms with Crippen molar-refractivity contribution >= 4 is 11.8 Å². The molecule has 0 spiro atoms. The summed E-state index contributed by atoms with van der Waals surface area (Å²) in [6, 6.07) is 17.6. The van der Waals surface area contributed by atoms with E-state index in [2.05, 4.69) is 29.7 Å². The molecule has 0 aliphatic carbocycles. The first-order valence-corrected chi connectivity index (χ1v) is 8.77. The zero-order valence-electron chi connectivity index (χ0n) is 14.9. The summed E-state index contributed by atoms with van der Waals surface area (Å²) in [6.07, 6.45) is 1.25. The number of hydrogen-bond donors (Lipinski definition) is 2. The molecule has 1 atom stereocenters. The van der Waals surface area contributed by atoms with Crippen LogP contribution in [-0.4, -0.2) is 24.9 Å². The molecular weight excluding hydrogens is 312 g/mol. The van der Waals surface area contributed by atoms with Crippen LogP contribution < -0.4 is 10.6 Å². The standard InChI is InChI=1S/C21H26N2O2/c1-3-17(18-10-5-4-6-11-18)15-23-20(24)13-14-22-21(25)19-12-8-7-9-16(19)2/h4-12,17H,3,13-15H2,1-2H3,(H,22,25)(H,23,24). The summed E-state index contributed by atoms with van der Waals surface area (Å²) in [5.41, 5.74) is 2.81. The molecule has 0 aliphatic heterocycles. The molecule has 2 aromatic rings. The highest BCUT2D eigenvalue weighted by Gasteiger charge is 2.12. The normalized spacial score (nSPS) is 11.6. The molecule has 4 heteroatoms. The minimum atomic E-state index is -0.137. The van der Waals surface area contributed by atoms with E-state index in [9.17, 15) is 9.59 Å². The molecule has 2 aromatic carbocycles. The molecule has 0 saturated heterocycles. The van der Waals surface area contributed by atoms with Crippen molar-refractivity contribution in [2.45, 2.75) is 32.6 Å². The first kappa shape index (κ1) is 18.7. The number of amides is 2. The monoisotopic (exact) mass is 338 g/mol. The van der Waals surface area contributed by atoms with Crippen molar-refractivity contribution in [3.8, 4) is 0 Å². The topological polar surface area (TPSA) is 58.2 Å². The Labute approximate surface area is 149 Å². The van der Waals surface area contributed by atoms with Gasteiger partial charge in [0.05, 0.1) is 0 Å². The third-order valence-electron chi connectivity index (χ3n) is 4.34. The van der Waals surface area contributed by atoms with E-state index in [1.807, 2.05) is 43.3 Å². The summed E-state index contributed by atoms with van der Waals surface area (Å²) in [4.78, 5) is 24.1. The van der Waals surface area contributed by atoms with Crippen LogP contribution in [0.15, 0.2) is 54.6 Å². The van der Waals surface area contributed by atoms with Gasteiger partial charge in [-0.3, -0.25) is 9.59 Å². The molecule has 0 aromatic heterocycles. The van der Waals surface area contributed by atoms with Crippen LogP contribution in [0.1, 0.15) is 47.2 Å². The van der Waals surface area contributed by atoms with Gasteiger partial charge in [-0.25, -0.2) is 0 Å². The summed E-state index contributed by atoms with van der Waals surface area (Å²) in [7, 11) is 0. The van der Waals surface area contributed by atoms with Crippen molar-refractivity contribution in [2.24, 2.45) is 0 Å². The average molecular weight is 338 g/mol. The van der Waals surface area contributed by atoms with Crippen LogP contribution in [0.3, 0.4) is 0 Å². The van der Waals surface area contributed by atoms with E-state index in [1.165, 1.54) is 5.56 Å². The van der Waals surface area contributed by atoms with Crippen molar-refractivity contribution in [3.05, 3.63) is 71.3 Å². The fourth-order valence-corrected chi connectivity index (χ4v) is 2.76. The van der Waals surface area contributed by atoms with Gasteiger partial charge in [0.1, 0.15) is 0 Å². The Morgan fingerprint density at radius 3 is 2.32 bits per heavy atom. The summed E-state index contributed by atoms with van der Waals surface area (Å²) in [5, 5.41) is 5.77. The Morgan fingerprint density at radius 1 is 0.960 bits per heavy atom. The number of carbonyl (C=O) groups is 2. The van der Waals surface area contributed by atoms with E-state index < -0.39 is 0 Å². The van der Waals surface area contributed by atoms with Gasteiger partial charge in [-0.2, -0.15) is 0 Å². The van der Waals surface area contributed by atoms with Crippen LogP contribution in [0.2, 0.25) is 0 Å². The highest BCUT2D eigenvalue weighted by atomic mass is 16.2. The molecule has 0 fully saturated rings. The molecule has 132 valence electrons. The van der Waals surface area contributed by atoms with Crippen LogP contribution in [0.4, 0.5) is 0 Å². The van der Waals surface area contributed by atoms with Crippen LogP contribution in [-0.2, 0) is 4.79 Å². The fraction of sp³-hybridized carbons (Fsp3) is 0.333. The lowest BCUT2D eigenvalue weighted by Crippen LogP contribution is -2.33. The predicted octanol–water partition coefficient (Wildman–Crippen LogP) is 3.42. The SMILES string of the molecule is CCC(CNC(=O)CCNC(=O)c1ccccc1C)c1ccccc1. The molecule has 2 amide bonds. The molecule has 1 unspecified atom stereocenters. The zero-order valence-corrected chi connectivity index (χ0v) is 14.9. The van der Waals surface area contributed by atoms with Gasteiger partial charge < -0.3 is 10.6 Å². The molecule has 2 N–H and O–H groups in total. The molecule has 0 aliphatic rings. The molecule has 0 bridgehead atoms. The van der Waals surface area contributed by atoms with Crippen LogP contribution >= 0.6 is 0 Å². The van der Waals surface area contributed by atoms with E-state index in [4.69, 9.17) is 0 Å². The van der Waals surface area contributed by atoms with Crippen LogP contribution in [0.5, 0.6) is 0 Å². The number of rotatable bonds is 8. The van der Waals surface area contributed by atoms with Gasteiger partial charge >= 0.3 is 0 Å². The Morgan fingerprint density at radius 2 is 1.64 bits per heavy atom. The third-order valence-corrected chi connectivity index (χ3v) is 4.34. The molecule has 0 saturated carbocycles. The second-order valence-corrected chi connectivity index (χ2v) is 6.14. The number of nitrogens with one attached hydrogen (secondary N) is 2. The quantitative estimate of drug-likeness (QED) is 0.775. The molecule has 0 radical (unpaired) electrons. The van der Waals surface area contributed by atoms with Gasteiger partial charge in [0.25, 0.3) is 5.91 Å². The first-order chi connectivity index (χ1) is 12.1. The Kier molecular flexibility index (Phi) is 7.20. The smallest absolute Gasteiger partial charge is 0.251 e. The lowest BCUT2D eigenvalue weighted by Gasteiger charge is -2.16. The van der Waals surface area contributed by atoms with Gasteiger partial charge in [0.15, 0.2) is 0 Å². The Balaban J connectivity index is 1.74. The fourth-order valence-electron chi connectivity index (χ4n) is 2.76. The van der Waals surface area contributed by atoms with E-state index in [-0.39, 0.29) is 18.2 Å². The molecule has 2 rings (SSSR count). The van der Waals surface area contributed by atoms with Crippen LogP contribution in [0.25, 0.3) is 0 Å². The van der Waals surface area contributed by atoms with E-state index in [0.717, 1.165) is 12.0 Å². The minimum absolute atomic E-state index is 0.0422. The number of hydrogen-bond acceptors (Lipinski definition) is 2. The maximum atomic E-state index is 12.1. The zero-order chi connectivity index (χ0) is 18.1. The van der Waals surface area contributed by atoms with Gasteiger partial charge in [0.2, 0.25) is 5.91 Å². The van der Waals surface area contributed by atoms with Gasteiger partial charge in [0, 0.05) is 31.0 Å².